The number of aliphatic hydroxyl groups excluding tert-OH is 1. The summed E-state index contributed by atoms with van der Waals surface area (Å²) < 4.78 is 41.8. The number of benzene rings is 5. The summed E-state index contributed by atoms with van der Waals surface area (Å²) in [5.74, 6) is 0. The predicted octanol–water partition coefficient (Wildman–Crippen LogP) is 6.69. The topological polar surface area (TPSA) is 91.3 Å². The summed E-state index contributed by atoms with van der Waals surface area (Å²) in [5, 5.41) is 9.61. The Kier molecular flexibility index (Phi) is 11.4. The van der Waals surface area contributed by atoms with E-state index in [1.54, 1.807) is 30.3 Å². The van der Waals surface area contributed by atoms with Crippen molar-refractivity contribution in [2.75, 3.05) is 32.7 Å². The first-order chi connectivity index (χ1) is 24.9. The van der Waals surface area contributed by atoms with E-state index >= 15 is 0 Å². The van der Waals surface area contributed by atoms with Crippen LogP contribution in [0.4, 0.5) is 0 Å². The van der Waals surface area contributed by atoms with Crippen molar-refractivity contribution in [3.63, 3.8) is 0 Å². The van der Waals surface area contributed by atoms with Crippen LogP contribution in [-0.2, 0) is 39.2 Å². The van der Waals surface area contributed by atoms with E-state index in [1.165, 1.54) is 5.56 Å². The molecule has 0 spiro atoms. The number of hydrogen-bond donors (Lipinski definition) is 2. The molecule has 0 unspecified atom stereocenters. The Morgan fingerprint density at radius 3 is 2.02 bits per heavy atom. The standard InChI is InChI=1S/C42H45N3O5S/c46-31-33-17-19-35(20-18-33)41-27-39(30-45-23-21-44(22-24-45)29-32-9-3-1-4-10-32)49-42(50-41)38-14-8-13-37(26-38)36-12-7-11-34(25-36)28-43-51(47,48)40-15-5-2-6-16-40/h1-20,25-26,39,41-43,46H,21-24,27-31H2/t39-,41+,42+/m0/s1. The van der Waals surface area contributed by atoms with Crippen LogP contribution in [0.5, 0.6) is 0 Å². The molecular formula is C42H45N3O5S. The van der Waals surface area contributed by atoms with Crippen molar-refractivity contribution in [1.29, 1.82) is 0 Å². The van der Waals surface area contributed by atoms with E-state index < -0.39 is 16.3 Å². The molecule has 5 aromatic carbocycles. The fraction of sp³-hybridized carbons (Fsp3) is 0.286. The SMILES string of the molecule is O=S(=O)(NCc1cccc(-c2cccc([C@@H]3O[C@H](CN4CCN(Cc5ccccc5)CC4)C[C@H](c4ccc(CO)cc4)O3)c2)c1)c1ccccc1. The molecular weight excluding hydrogens is 659 g/mol. The Balaban J connectivity index is 1.05. The van der Waals surface area contributed by atoms with Crippen LogP contribution >= 0.6 is 0 Å². The highest BCUT2D eigenvalue weighted by Crippen LogP contribution is 2.39. The van der Waals surface area contributed by atoms with Crippen LogP contribution in [0.2, 0.25) is 0 Å². The third-order valence-corrected chi connectivity index (χ3v) is 11.1. The summed E-state index contributed by atoms with van der Waals surface area (Å²) in [6, 6.07) is 43.2. The third kappa shape index (κ3) is 9.19. The fourth-order valence-electron chi connectivity index (χ4n) is 6.88. The molecule has 2 N–H and O–H groups in total. The van der Waals surface area contributed by atoms with Gasteiger partial charge >= 0.3 is 0 Å². The summed E-state index contributed by atoms with van der Waals surface area (Å²) in [6.45, 7) is 5.99. The molecule has 264 valence electrons. The smallest absolute Gasteiger partial charge is 0.240 e. The number of sulfonamides is 1. The number of nitrogens with zero attached hydrogens (tertiary/aromatic N) is 2. The van der Waals surface area contributed by atoms with Crippen molar-refractivity contribution >= 4 is 10.0 Å². The van der Waals surface area contributed by atoms with Gasteiger partial charge in [-0.2, -0.15) is 0 Å². The second-order valence-electron chi connectivity index (χ2n) is 13.4. The molecule has 2 fully saturated rings. The normalized spacial score (nSPS) is 20.3. The maximum Gasteiger partial charge on any atom is 0.240 e. The predicted molar refractivity (Wildman–Crippen MR) is 199 cm³/mol. The molecule has 2 saturated heterocycles. The molecule has 8 nitrogen and oxygen atoms in total. The minimum atomic E-state index is -3.62. The zero-order valence-corrected chi connectivity index (χ0v) is 29.5. The number of nitrogens with one attached hydrogen (secondary N) is 1. The maximum absolute atomic E-state index is 12.8. The van der Waals surface area contributed by atoms with Crippen molar-refractivity contribution < 1.29 is 23.0 Å². The van der Waals surface area contributed by atoms with Crippen molar-refractivity contribution in [1.82, 2.24) is 14.5 Å². The highest BCUT2D eigenvalue weighted by molar-refractivity contribution is 7.89. The van der Waals surface area contributed by atoms with E-state index in [0.717, 1.165) is 79.1 Å². The quantitative estimate of drug-likeness (QED) is 0.150. The molecule has 0 aromatic heterocycles. The van der Waals surface area contributed by atoms with Crippen LogP contribution in [0.15, 0.2) is 138 Å². The summed E-state index contributed by atoms with van der Waals surface area (Å²) >= 11 is 0. The molecule has 51 heavy (non-hydrogen) atoms. The van der Waals surface area contributed by atoms with Crippen molar-refractivity contribution in [2.45, 2.75) is 49.5 Å². The number of aliphatic hydroxyl groups is 1. The number of hydrogen-bond acceptors (Lipinski definition) is 7. The molecule has 2 heterocycles. The van der Waals surface area contributed by atoms with E-state index in [9.17, 15) is 13.5 Å². The minimum Gasteiger partial charge on any atom is -0.392 e. The van der Waals surface area contributed by atoms with Gasteiger partial charge in [0, 0.05) is 57.8 Å². The fourth-order valence-corrected chi connectivity index (χ4v) is 7.92. The summed E-state index contributed by atoms with van der Waals surface area (Å²) in [7, 11) is -3.62. The van der Waals surface area contributed by atoms with Crippen LogP contribution in [0, 0.1) is 0 Å². The largest absolute Gasteiger partial charge is 0.392 e. The number of ether oxygens (including phenoxy) is 2. The van der Waals surface area contributed by atoms with Gasteiger partial charge in [0.15, 0.2) is 6.29 Å². The summed E-state index contributed by atoms with van der Waals surface area (Å²) in [6.07, 6.45) is -0.0201. The monoisotopic (exact) mass is 703 g/mol. The molecule has 0 aliphatic carbocycles. The zero-order chi connectivity index (χ0) is 35.0. The van der Waals surface area contributed by atoms with Crippen LogP contribution in [-0.4, -0.2) is 62.2 Å². The van der Waals surface area contributed by atoms with E-state index in [-0.39, 0.29) is 30.3 Å². The molecule has 5 aromatic rings. The highest BCUT2D eigenvalue weighted by atomic mass is 32.2. The van der Waals surface area contributed by atoms with Crippen molar-refractivity contribution in [3.05, 3.63) is 161 Å². The van der Waals surface area contributed by atoms with E-state index in [2.05, 4.69) is 57.0 Å². The summed E-state index contributed by atoms with van der Waals surface area (Å²) in [5.41, 5.74) is 7.04. The first kappa shape index (κ1) is 35.2. The van der Waals surface area contributed by atoms with Gasteiger partial charge in [-0.25, -0.2) is 13.1 Å². The molecule has 3 atom stereocenters. The highest BCUT2D eigenvalue weighted by Gasteiger charge is 2.34. The second-order valence-corrected chi connectivity index (χ2v) is 15.1. The van der Waals surface area contributed by atoms with Gasteiger partial charge < -0.3 is 14.6 Å². The average Bonchev–Trinajstić information content (AvgIpc) is 3.19. The second kappa shape index (κ2) is 16.4. The first-order valence-corrected chi connectivity index (χ1v) is 19.1. The Labute approximate surface area is 301 Å². The zero-order valence-electron chi connectivity index (χ0n) is 28.7. The molecule has 0 bridgehead atoms. The Hall–Kier alpha value is -4.19. The maximum atomic E-state index is 12.8. The van der Waals surface area contributed by atoms with Gasteiger partial charge in [0.05, 0.1) is 23.7 Å². The average molecular weight is 704 g/mol. The lowest BCUT2D eigenvalue weighted by Crippen LogP contribution is -2.49. The van der Waals surface area contributed by atoms with Crippen LogP contribution in [0.3, 0.4) is 0 Å². The molecule has 2 aliphatic rings. The third-order valence-electron chi connectivity index (χ3n) is 9.73. The lowest BCUT2D eigenvalue weighted by atomic mass is 9.98. The van der Waals surface area contributed by atoms with Crippen LogP contribution in [0.1, 0.15) is 46.6 Å². The van der Waals surface area contributed by atoms with Gasteiger partial charge in [-0.3, -0.25) is 9.80 Å². The molecule has 0 radical (unpaired) electrons. The van der Waals surface area contributed by atoms with Gasteiger partial charge in [-0.05, 0) is 57.6 Å². The Morgan fingerprint density at radius 1 is 0.647 bits per heavy atom. The Morgan fingerprint density at radius 2 is 1.29 bits per heavy atom. The van der Waals surface area contributed by atoms with Crippen molar-refractivity contribution in [3.8, 4) is 11.1 Å². The van der Waals surface area contributed by atoms with E-state index in [4.69, 9.17) is 9.47 Å². The van der Waals surface area contributed by atoms with Crippen molar-refractivity contribution in [2.24, 2.45) is 0 Å². The summed E-state index contributed by atoms with van der Waals surface area (Å²) in [4.78, 5) is 5.27. The van der Waals surface area contributed by atoms with Gasteiger partial charge in [0.25, 0.3) is 0 Å². The molecule has 0 amide bonds. The molecule has 9 heteroatoms. The van der Waals surface area contributed by atoms with Gasteiger partial charge in [0.2, 0.25) is 10.0 Å². The first-order valence-electron chi connectivity index (χ1n) is 17.6. The lowest BCUT2D eigenvalue weighted by molar-refractivity contribution is -0.253. The van der Waals surface area contributed by atoms with Crippen LogP contribution < -0.4 is 4.72 Å². The number of piperazine rings is 1. The Bertz CT molecular complexity index is 1970. The van der Waals surface area contributed by atoms with E-state index in [0.29, 0.717) is 0 Å². The number of rotatable bonds is 12. The lowest BCUT2D eigenvalue weighted by Gasteiger charge is -2.41. The van der Waals surface area contributed by atoms with Gasteiger partial charge in [-0.1, -0.05) is 109 Å². The van der Waals surface area contributed by atoms with E-state index in [1.807, 2.05) is 60.7 Å². The molecule has 7 rings (SSSR count). The molecule has 2 aliphatic heterocycles. The van der Waals surface area contributed by atoms with Crippen LogP contribution in [0.25, 0.3) is 11.1 Å². The van der Waals surface area contributed by atoms with Gasteiger partial charge in [-0.15, -0.1) is 0 Å². The minimum absolute atomic E-state index is 0.00328. The molecule has 0 saturated carbocycles. The van der Waals surface area contributed by atoms with Gasteiger partial charge in [0.1, 0.15) is 0 Å².